The highest BCUT2D eigenvalue weighted by atomic mass is 32.2. The normalized spacial score (nSPS) is 14.0. The van der Waals surface area contributed by atoms with E-state index in [-0.39, 0.29) is 13.2 Å². The maximum Gasteiger partial charge on any atom is 0.243 e. The third-order valence-electron chi connectivity index (χ3n) is 4.62. The molecule has 0 aliphatic carbocycles. The molecule has 1 N–H and O–H groups in total. The molecule has 1 aliphatic heterocycles. The molecule has 0 saturated carbocycles. The van der Waals surface area contributed by atoms with Crippen LogP contribution in [0.4, 0.5) is 5.69 Å². The zero-order valence-electron chi connectivity index (χ0n) is 17.3. The molecular weight excluding hydrogens is 408 g/mol. The van der Waals surface area contributed by atoms with Crippen LogP contribution < -0.4 is 23.8 Å². The van der Waals surface area contributed by atoms with Crippen molar-refractivity contribution in [1.82, 2.24) is 5.32 Å². The molecule has 9 heteroatoms. The number of ether oxygens (including phenoxy) is 3. The molecule has 2 aromatic carbocycles. The first-order chi connectivity index (χ1) is 14.3. The molecule has 2 aromatic rings. The van der Waals surface area contributed by atoms with Crippen LogP contribution in [-0.2, 0) is 14.8 Å². The number of hydrogen-bond donors (Lipinski definition) is 1. The molecule has 1 atom stereocenters. The Bertz CT molecular complexity index is 1010. The predicted molar refractivity (Wildman–Crippen MR) is 114 cm³/mol. The van der Waals surface area contributed by atoms with Crippen molar-refractivity contribution < 1.29 is 27.4 Å². The second-order valence-corrected chi connectivity index (χ2v) is 8.83. The lowest BCUT2D eigenvalue weighted by molar-refractivity contribution is -0.121. The number of nitrogens with one attached hydrogen (secondary N) is 1. The first-order valence-corrected chi connectivity index (χ1v) is 11.5. The van der Waals surface area contributed by atoms with E-state index in [0.29, 0.717) is 30.4 Å². The van der Waals surface area contributed by atoms with Gasteiger partial charge in [-0.15, -0.1) is 0 Å². The van der Waals surface area contributed by atoms with Gasteiger partial charge in [-0.05, 0) is 37.6 Å². The Morgan fingerprint density at radius 2 is 1.87 bits per heavy atom. The molecule has 0 saturated heterocycles. The first kappa shape index (κ1) is 21.8. The third-order valence-corrected chi connectivity index (χ3v) is 5.86. The van der Waals surface area contributed by atoms with Crippen LogP contribution in [0.2, 0.25) is 0 Å². The Balaban J connectivity index is 1.66. The van der Waals surface area contributed by atoms with Gasteiger partial charge in [-0.1, -0.05) is 18.2 Å². The number of nitrogens with zero attached hydrogens (tertiary/aromatic N) is 1. The molecule has 0 unspecified atom stereocenters. The van der Waals surface area contributed by atoms with Crippen LogP contribution in [0.3, 0.4) is 0 Å². The second-order valence-electron chi connectivity index (χ2n) is 6.97. The molecule has 1 heterocycles. The third kappa shape index (κ3) is 5.15. The molecule has 0 aromatic heterocycles. The van der Waals surface area contributed by atoms with Crippen molar-refractivity contribution in [1.29, 1.82) is 0 Å². The van der Waals surface area contributed by atoms with Gasteiger partial charge in [0.05, 0.1) is 18.5 Å². The number of benzene rings is 2. The first-order valence-electron chi connectivity index (χ1n) is 9.62. The van der Waals surface area contributed by atoms with Crippen LogP contribution in [-0.4, -0.2) is 53.0 Å². The maximum atomic E-state index is 12.6. The monoisotopic (exact) mass is 434 g/mol. The van der Waals surface area contributed by atoms with Crippen LogP contribution in [0.25, 0.3) is 0 Å². The van der Waals surface area contributed by atoms with Crippen molar-refractivity contribution in [3.05, 3.63) is 48.0 Å². The van der Waals surface area contributed by atoms with Crippen LogP contribution >= 0.6 is 0 Å². The van der Waals surface area contributed by atoms with E-state index in [9.17, 15) is 13.2 Å². The number of hydrogen-bond acceptors (Lipinski definition) is 6. The molecule has 0 fully saturated rings. The van der Waals surface area contributed by atoms with E-state index >= 15 is 0 Å². The summed E-state index contributed by atoms with van der Waals surface area (Å²) >= 11 is 0. The molecule has 3 rings (SSSR count). The number of sulfonamides is 1. The summed E-state index contributed by atoms with van der Waals surface area (Å²) in [5, 5.41) is 2.73. The van der Waals surface area contributed by atoms with E-state index in [1.165, 1.54) is 6.92 Å². The quantitative estimate of drug-likeness (QED) is 0.640. The fourth-order valence-electron chi connectivity index (χ4n) is 3.18. The lowest BCUT2D eigenvalue weighted by atomic mass is 10.2. The molecular formula is C21H26N2O6S. The van der Waals surface area contributed by atoms with E-state index in [1.807, 2.05) is 31.2 Å². The second kappa shape index (κ2) is 9.25. The van der Waals surface area contributed by atoms with Gasteiger partial charge in [-0.25, -0.2) is 8.42 Å². The van der Waals surface area contributed by atoms with Gasteiger partial charge in [-0.3, -0.25) is 9.10 Å². The van der Waals surface area contributed by atoms with Gasteiger partial charge in [0, 0.05) is 6.07 Å². The summed E-state index contributed by atoms with van der Waals surface area (Å²) in [6.45, 7) is 4.81. The number of rotatable bonds is 8. The topological polar surface area (TPSA) is 94.2 Å². The van der Waals surface area contributed by atoms with Gasteiger partial charge in [0.25, 0.3) is 0 Å². The van der Waals surface area contributed by atoms with E-state index in [4.69, 9.17) is 14.2 Å². The SMILES string of the molecule is Cc1ccccc1OCCNC(=O)[C@@H](C)N(c1ccc2c(c1)OCCO2)S(C)(=O)=O. The number of amides is 1. The Labute approximate surface area is 176 Å². The number of aryl methyl sites for hydroxylation is 1. The minimum atomic E-state index is -3.72. The van der Waals surface area contributed by atoms with E-state index in [2.05, 4.69) is 5.32 Å². The molecule has 162 valence electrons. The van der Waals surface area contributed by atoms with Crippen molar-refractivity contribution >= 4 is 21.6 Å². The summed E-state index contributed by atoms with van der Waals surface area (Å²) in [5.41, 5.74) is 1.33. The van der Waals surface area contributed by atoms with Crippen LogP contribution in [0.5, 0.6) is 17.2 Å². The summed E-state index contributed by atoms with van der Waals surface area (Å²) in [7, 11) is -3.72. The van der Waals surface area contributed by atoms with E-state index < -0.39 is 22.0 Å². The summed E-state index contributed by atoms with van der Waals surface area (Å²) < 4.78 is 42.6. The molecule has 0 radical (unpaired) electrons. The van der Waals surface area contributed by atoms with Crippen molar-refractivity contribution in [2.75, 3.05) is 36.9 Å². The number of carbonyl (C=O) groups excluding carboxylic acids is 1. The molecule has 0 bridgehead atoms. The van der Waals surface area contributed by atoms with E-state index in [1.54, 1.807) is 18.2 Å². The van der Waals surface area contributed by atoms with Crippen molar-refractivity contribution in [3.63, 3.8) is 0 Å². The largest absolute Gasteiger partial charge is 0.491 e. The van der Waals surface area contributed by atoms with Gasteiger partial charge in [0.1, 0.15) is 31.6 Å². The van der Waals surface area contributed by atoms with E-state index in [0.717, 1.165) is 21.9 Å². The van der Waals surface area contributed by atoms with Gasteiger partial charge >= 0.3 is 0 Å². The fourth-order valence-corrected chi connectivity index (χ4v) is 4.35. The summed E-state index contributed by atoms with van der Waals surface area (Å²) in [6, 6.07) is 11.4. The summed E-state index contributed by atoms with van der Waals surface area (Å²) in [5.74, 6) is 1.31. The van der Waals surface area contributed by atoms with Crippen LogP contribution in [0, 0.1) is 6.92 Å². The minimum Gasteiger partial charge on any atom is -0.491 e. The van der Waals surface area contributed by atoms with Crippen LogP contribution in [0.1, 0.15) is 12.5 Å². The van der Waals surface area contributed by atoms with Gasteiger partial charge in [-0.2, -0.15) is 0 Å². The zero-order valence-corrected chi connectivity index (χ0v) is 18.1. The van der Waals surface area contributed by atoms with Gasteiger partial charge < -0.3 is 19.5 Å². The number of carbonyl (C=O) groups is 1. The maximum absolute atomic E-state index is 12.6. The highest BCUT2D eigenvalue weighted by molar-refractivity contribution is 7.92. The number of para-hydroxylation sites is 1. The Morgan fingerprint density at radius 3 is 2.57 bits per heavy atom. The lowest BCUT2D eigenvalue weighted by Gasteiger charge is -2.29. The summed E-state index contributed by atoms with van der Waals surface area (Å²) in [4.78, 5) is 12.6. The highest BCUT2D eigenvalue weighted by Crippen LogP contribution is 2.35. The molecule has 8 nitrogen and oxygen atoms in total. The Hall–Kier alpha value is -2.94. The number of fused-ring (bicyclic) bond motifs is 1. The lowest BCUT2D eigenvalue weighted by Crippen LogP contribution is -2.48. The van der Waals surface area contributed by atoms with Gasteiger partial charge in [0.2, 0.25) is 15.9 Å². The standard InChI is InChI=1S/C21H26N2O6S/c1-15-6-4-5-7-18(15)27-11-10-22-21(24)16(2)23(30(3,25)26)17-8-9-19-20(14-17)29-13-12-28-19/h4-9,14,16H,10-13H2,1-3H3,(H,22,24)/t16-/m1/s1. The Kier molecular flexibility index (Phi) is 6.71. The smallest absolute Gasteiger partial charge is 0.243 e. The van der Waals surface area contributed by atoms with Crippen LogP contribution in [0.15, 0.2) is 42.5 Å². The zero-order chi connectivity index (χ0) is 21.7. The predicted octanol–water partition coefficient (Wildman–Crippen LogP) is 2.12. The average molecular weight is 435 g/mol. The molecule has 1 amide bonds. The molecule has 1 aliphatic rings. The molecule has 0 spiro atoms. The Morgan fingerprint density at radius 1 is 1.17 bits per heavy atom. The van der Waals surface area contributed by atoms with Crippen molar-refractivity contribution in [2.24, 2.45) is 0 Å². The van der Waals surface area contributed by atoms with Crippen molar-refractivity contribution in [3.8, 4) is 17.2 Å². The fraction of sp³-hybridized carbons (Fsp3) is 0.381. The van der Waals surface area contributed by atoms with Crippen molar-refractivity contribution in [2.45, 2.75) is 19.9 Å². The average Bonchev–Trinajstić information content (AvgIpc) is 2.71. The van der Waals surface area contributed by atoms with Gasteiger partial charge in [0.15, 0.2) is 11.5 Å². The molecule has 30 heavy (non-hydrogen) atoms. The highest BCUT2D eigenvalue weighted by Gasteiger charge is 2.30. The minimum absolute atomic E-state index is 0.246. The number of anilines is 1. The summed E-state index contributed by atoms with van der Waals surface area (Å²) in [6.07, 6.45) is 1.06.